The van der Waals surface area contributed by atoms with Crippen LogP contribution in [0.15, 0.2) is 23.0 Å². The predicted octanol–water partition coefficient (Wildman–Crippen LogP) is 0.564. The number of nitrogens with zero attached hydrogens (tertiary/aromatic N) is 4. The fraction of sp³-hybridized carbons (Fsp3) is 0.167. The highest BCUT2D eigenvalue weighted by molar-refractivity contribution is 5.02. The fourth-order valence-corrected chi connectivity index (χ4v) is 0.761. The Morgan fingerprint density at radius 2 is 2.45 bits per heavy atom. The van der Waals surface area contributed by atoms with Gasteiger partial charge in [0.15, 0.2) is 5.82 Å². The van der Waals surface area contributed by atoms with E-state index in [-0.39, 0.29) is 0 Å². The van der Waals surface area contributed by atoms with Crippen LogP contribution in [0.25, 0.3) is 6.01 Å². The quantitative estimate of drug-likeness (QED) is 0.596. The molecule has 2 aromatic heterocycles. The first-order valence-electron chi connectivity index (χ1n) is 3.16. The van der Waals surface area contributed by atoms with Gasteiger partial charge in [0.2, 0.25) is 0 Å². The van der Waals surface area contributed by atoms with Crippen molar-refractivity contribution in [3.63, 3.8) is 0 Å². The Balaban J connectivity index is 2.45. The summed E-state index contributed by atoms with van der Waals surface area (Å²) in [5.41, 5.74) is 0. The highest BCUT2D eigenvalue weighted by Crippen LogP contribution is 2.00. The number of hydrogen-bond donors (Lipinski definition) is 0. The molecular formula is C6H6N4O. The molecule has 2 heterocycles. The van der Waals surface area contributed by atoms with E-state index >= 15 is 0 Å². The van der Waals surface area contributed by atoms with Crippen molar-refractivity contribution in [2.75, 3.05) is 0 Å². The van der Waals surface area contributed by atoms with Crippen LogP contribution in [0.4, 0.5) is 0 Å². The third-order valence-corrected chi connectivity index (χ3v) is 1.22. The minimum atomic E-state index is 0.396. The zero-order valence-electron chi connectivity index (χ0n) is 5.93. The zero-order valence-corrected chi connectivity index (χ0v) is 5.93. The monoisotopic (exact) mass is 150 g/mol. The first-order valence-corrected chi connectivity index (χ1v) is 3.16. The van der Waals surface area contributed by atoms with Crippen LogP contribution in [0.3, 0.4) is 0 Å². The van der Waals surface area contributed by atoms with Crippen molar-refractivity contribution in [3.05, 3.63) is 24.3 Å². The molecule has 2 aromatic rings. The van der Waals surface area contributed by atoms with Crippen LogP contribution < -0.4 is 0 Å². The number of aromatic nitrogens is 4. The minimum absolute atomic E-state index is 0.396. The average Bonchev–Trinajstić information content (AvgIpc) is 2.55. The summed E-state index contributed by atoms with van der Waals surface area (Å²) >= 11 is 0. The number of hydrogen-bond acceptors (Lipinski definition) is 4. The van der Waals surface area contributed by atoms with Crippen molar-refractivity contribution < 1.29 is 4.52 Å². The minimum Gasteiger partial charge on any atom is -0.313 e. The van der Waals surface area contributed by atoms with E-state index in [9.17, 15) is 0 Å². The molecule has 0 saturated carbocycles. The van der Waals surface area contributed by atoms with Crippen molar-refractivity contribution in [3.8, 4) is 6.01 Å². The Morgan fingerprint density at radius 3 is 3.00 bits per heavy atom. The lowest BCUT2D eigenvalue weighted by Crippen LogP contribution is -1.93. The van der Waals surface area contributed by atoms with Crippen molar-refractivity contribution in [1.29, 1.82) is 0 Å². The van der Waals surface area contributed by atoms with Crippen LogP contribution in [-0.2, 0) is 0 Å². The highest BCUT2D eigenvalue weighted by atomic mass is 16.5. The third-order valence-electron chi connectivity index (χ3n) is 1.22. The van der Waals surface area contributed by atoms with Crippen molar-refractivity contribution in [2.24, 2.45) is 0 Å². The molecule has 11 heavy (non-hydrogen) atoms. The standard InChI is InChI=1S/C6H6N4O/c1-5-8-6(11-9-5)10-4-2-3-7-10/h2-4H,1H3. The summed E-state index contributed by atoms with van der Waals surface area (Å²) in [6, 6.07) is 2.19. The van der Waals surface area contributed by atoms with E-state index in [1.54, 1.807) is 25.4 Å². The lowest BCUT2D eigenvalue weighted by Gasteiger charge is -1.87. The lowest BCUT2D eigenvalue weighted by molar-refractivity contribution is 0.391. The third kappa shape index (κ3) is 1.000. The highest BCUT2D eigenvalue weighted by Gasteiger charge is 2.02. The van der Waals surface area contributed by atoms with E-state index in [2.05, 4.69) is 15.2 Å². The van der Waals surface area contributed by atoms with E-state index in [1.165, 1.54) is 4.68 Å². The summed E-state index contributed by atoms with van der Waals surface area (Å²) in [5.74, 6) is 0.607. The van der Waals surface area contributed by atoms with Gasteiger partial charge in [0.25, 0.3) is 0 Å². The normalized spacial score (nSPS) is 10.3. The molecule has 2 rings (SSSR count). The molecule has 0 amide bonds. The summed E-state index contributed by atoms with van der Waals surface area (Å²) in [4.78, 5) is 3.98. The van der Waals surface area contributed by atoms with Gasteiger partial charge >= 0.3 is 6.01 Å². The molecule has 56 valence electrons. The molecule has 0 aliphatic carbocycles. The summed E-state index contributed by atoms with van der Waals surface area (Å²) in [7, 11) is 0. The van der Waals surface area contributed by atoms with Gasteiger partial charge in [-0.2, -0.15) is 14.8 Å². The Kier molecular flexibility index (Phi) is 1.21. The maximum Gasteiger partial charge on any atom is 0.348 e. The first-order chi connectivity index (χ1) is 5.36. The van der Waals surface area contributed by atoms with Crippen LogP contribution in [0.2, 0.25) is 0 Å². The Morgan fingerprint density at radius 1 is 1.55 bits per heavy atom. The summed E-state index contributed by atoms with van der Waals surface area (Å²) in [6.45, 7) is 1.76. The second-order valence-corrected chi connectivity index (χ2v) is 2.07. The van der Waals surface area contributed by atoms with Crippen LogP contribution >= 0.6 is 0 Å². The maximum absolute atomic E-state index is 4.85. The van der Waals surface area contributed by atoms with Crippen LogP contribution in [-0.4, -0.2) is 19.9 Å². The van der Waals surface area contributed by atoms with Gasteiger partial charge in [-0.05, 0) is 13.0 Å². The summed E-state index contributed by atoms with van der Waals surface area (Å²) in [5, 5.41) is 7.55. The molecule has 0 saturated heterocycles. The number of aryl methyl sites for hydroxylation is 1. The molecule has 0 N–H and O–H groups in total. The van der Waals surface area contributed by atoms with Gasteiger partial charge < -0.3 is 4.52 Å². The molecule has 5 heteroatoms. The second kappa shape index (κ2) is 2.19. The van der Waals surface area contributed by atoms with Gasteiger partial charge in [-0.15, -0.1) is 0 Å². The average molecular weight is 150 g/mol. The molecule has 0 atom stereocenters. The van der Waals surface area contributed by atoms with Gasteiger partial charge in [-0.3, -0.25) is 0 Å². The van der Waals surface area contributed by atoms with Gasteiger partial charge in [-0.1, -0.05) is 5.16 Å². The van der Waals surface area contributed by atoms with E-state index < -0.39 is 0 Å². The topological polar surface area (TPSA) is 56.7 Å². The summed E-state index contributed by atoms with van der Waals surface area (Å²) < 4.78 is 6.36. The molecule has 0 aromatic carbocycles. The van der Waals surface area contributed by atoms with Crippen LogP contribution in [0.1, 0.15) is 5.82 Å². The molecule has 0 fully saturated rings. The molecule has 5 nitrogen and oxygen atoms in total. The van der Waals surface area contributed by atoms with E-state index in [0.717, 1.165) is 0 Å². The number of rotatable bonds is 1. The largest absolute Gasteiger partial charge is 0.348 e. The molecular weight excluding hydrogens is 144 g/mol. The van der Waals surface area contributed by atoms with Gasteiger partial charge in [-0.25, -0.2) is 0 Å². The van der Waals surface area contributed by atoms with Gasteiger partial charge in [0.1, 0.15) is 0 Å². The molecule has 0 aliphatic heterocycles. The van der Waals surface area contributed by atoms with Crippen LogP contribution in [0.5, 0.6) is 0 Å². The van der Waals surface area contributed by atoms with Crippen LogP contribution in [0, 0.1) is 6.92 Å². The lowest BCUT2D eigenvalue weighted by atomic mass is 10.7. The summed E-state index contributed by atoms with van der Waals surface area (Å²) in [6.07, 6.45) is 3.40. The first kappa shape index (κ1) is 6.09. The van der Waals surface area contributed by atoms with E-state index in [1.807, 2.05) is 0 Å². The Bertz CT molecular complexity index is 337. The van der Waals surface area contributed by atoms with E-state index in [0.29, 0.717) is 11.8 Å². The van der Waals surface area contributed by atoms with Crippen molar-refractivity contribution in [1.82, 2.24) is 19.9 Å². The molecule has 0 bridgehead atoms. The maximum atomic E-state index is 4.85. The van der Waals surface area contributed by atoms with Gasteiger partial charge in [0.05, 0.1) is 0 Å². The second-order valence-electron chi connectivity index (χ2n) is 2.07. The van der Waals surface area contributed by atoms with Crippen molar-refractivity contribution in [2.45, 2.75) is 6.92 Å². The molecule has 0 spiro atoms. The fourth-order valence-electron chi connectivity index (χ4n) is 0.761. The Labute approximate surface area is 62.6 Å². The smallest absolute Gasteiger partial charge is 0.313 e. The SMILES string of the molecule is Cc1noc(-n2cccn2)n1. The van der Waals surface area contributed by atoms with Gasteiger partial charge in [0, 0.05) is 12.4 Å². The Hall–Kier alpha value is -1.65. The molecule has 0 unspecified atom stereocenters. The molecule has 0 radical (unpaired) electrons. The van der Waals surface area contributed by atoms with E-state index in [4.69, 9.17) is 4.52 Å². The van der Waals surface area contributed by atoms with Crippen molar-refractivity contribution >= 4 is 0 Å². The zero-order chi connectivity index (χ0) is 7.68. The molecule has 0 aliphatic rings. The predicted molar refractivity (Wildman–Crippen MR) is 36.2 cm³/mol.